The highest BCUT2D eigenvalue weighted by atomic mass is 16.5. The van der Waals surface area contributed by atoms with Gasteiger partial charge in [0.1, 0.15) is 0 Å². The van der Waals surface area contributed by atoms with E-state index >= 15 is 0 Å². The van der Waals surface area contributed by atoms with Crippen LogP contribution in [0.2, 0.25) is 0 Å². The number of guanidine groups is 1. The molecule has 2 saturated heterocycles. The van der Waals surface area contributed by atoms with Gasteiger partial charge in [-0.25, -0.2) is 0 Å². The Bertz CT molecular complexity index is 604. The molecule has 0 aromatic heterocycles. The SMILES string of the molecule is CCNC(=NCCCOCC1CCCO1)NC1CC(C)N(Cc2ccccc2)C1. The lowest BCUT2D eigenvalue weighted by Crippen LogP contribution is -2.44. The van der Waals surface area contributed by atoms with Crippen molar-refractivity contribution < 1.29 is 9.47 Å². The minimum absolute atomic E-state index is 0.306. The van der Waals surface area contributed by atoms with Gasteiger partial charge in [-0.2, -0.15) is 0 Å². The third-order valence-corrected chi connectivity index (χ3v) is 5.66. The second-order valence-corrected chi connectivity index (χ2v) is 8.17. The maximum Gasteiger partial charge on any atom is 0.191 e. The van der Waals surface area contributed by atoms with E-state index in [0.717, 1.165) is 71.2 Å². The quantitative estimate of drug-likeness (QED) is 0.358. The molecule has 3 atom stereocenters. The number of hydrogen-bond acceptors (Lipinski definition) is 4. The molecular weight excluding hydrogens is 364 g/mol. The van der Waals surface area contributed by atoms with E-state index in [1.165, 1.54) is 12.0 Å². The number of aliphatic imine (C=N–C) groups is 1. The lowest BCUT2D eigenvalue weighted by Gasteiger charge is -2.21. The van der Waals surface area contributed by atoms with Gasteiger partial charge in [-0.05, 0) is 45.1 Å². The minimum atomic E-state index is 0.306. The fraction of sp³-hybridized carbons (Fsp3) is 0.696. The predicted molar refractivity (Wildman–Crippen MR) is 118 cm³/mol. The van der Waals surface area contributed by atoms with E-state index in [1.807, 2.05) is 0 Å². The van der Waals surface area contributed by atoms with E-state index in [-0.39, 0.29) is 0 Å². The standard InChI is InChI=1S/C23H38N4O2/c1-3-24-23(25-12-8-13-28-18-22-11-7-14-29-22)26-21-15-19(2)27(17-21)16-20-9-5-4-6-10-20/h4-6,9-10,19,21-22H,3,7-8,11-18H2,1-2H3,(H2,24,25,26). The van der Waals surface area contributed by atoms with Crippen LogP contribution >= 0.6 is 0 Å². The Kier molecular flexibility index (Phi) is 9.25. The van der Waals surface area contributed by atoms with Gasteiger partial charge in [0.25, 0.3) is 0 Å². The first-order valence-electron chi connectivity index (χ1n) is 11.3. The Morgan fingerprint density at radius 3 is 2.93 bits per heavy atom. The van der Waals surface area contributed by atoms with Crippen LogP contribution in [0.5, 0.6) is 0 Å². The minimum Gasteiger partial charge on any atom is -0.379 e. The number of nitrogens with zero attached hydrogens (tertiary/aromatic N) is 2. The van der Waals surface area contributed by atoms with E-state index in [4.69, 9.17) is 14.5 Å². The number of hydrogen-bond donors (Lipinski definition) is 2. The summed E-state index contributed by atoms with van der Waals surface area (Å²) in [5.74, 6) is 0.922. The molecule has 3 rings (SSSR count). The van der Waals surface area contributed by atoms with Crippen LogP contribution in [0.25, 0.3) is 0 Å². The third kappa shape index (κ3) is 7.61. The first-order valence-corrected chi connectivity index (χ1v) is 11.3. The van der Waals surface area contributed by atoms with E-state index in [1.54, 1.807) is 0 Å². The van der Waals surface area contributed by atoms with Crippen molar-refractivity contribution in [3.05, 3.63) is 35.9 Å². The molecule has 2 aliphatic heterocycles. The topological polar surface area (TPSA) is 58.1 Å². The van der Waals surface area contributed by atoms with Gasteiger partial charge in [0.05, 0.1) is 12.7 Å². The number of rotatable bonds is 10. The second kappa shape index (κ2) is 12.2. The number of likely N-dealkylation sites (tertiary alicyclic amines) is 1. The maximum atomic E-state index is 5.74. The van der Waals surface area contributed by atoms with E-state index in [0.29, 0.717) is 18.2 Å². The smallest absolute Gasteiger partial charge is 0.191 e. The third-order valence-electron chi connectivity index (χ3n) is 5.66. The van der Waals surface area contributed by atoms with Gasteiger partial charge < -0.3 is 20.1 Å². The Labute approximate surface area is 176 Å². The average Bonchev–Trinajstić information content (AvgIpc) is 3.35. The molecule has 6 heteroatoms. The Hall–Kier alpha value is -1.63. The van der Waals surface area contributed by atoms with E-state index < -0.39 is 0 Å². The van der Waals surface area contributed by atoms with Crippen molar-refractivity contribution in [3.8, 4) is 0 Å². The van der Waals surface area contributed by atoms with Crippen molar-refractivity contribution in [2.75, 3.05) is 39.5 Å². The molecule has 0 radical (unpaired) electrons. The van der Waals surface area contributed by atoms with Crippen LogP contribution in [-0.2, 0) is 16.0 Å². The molecule has 6 nitrogen and oxygen atoms in total. The molecular formula is C23H38N4O2. The van der Waals surface area contributed by atoms with Crippen LogP contribution in [0.15, 0.2) is 35.3 Å². The molecule has 3 unspecified atom stereocenters. The van der Waals surface area contributed by atoms with Gasteiger partial charge in [0.2, 0.25) is 0 Å². The molecule has 2 aliphatic rings. The first kappa shape index (κ1) is 22.1. The molecule has 29 heavy (non-hydrogen) atoms. The summed E-state index contributed by atoms with van der Waals surface area (Å²) < 4.78 is 11.3. The summed E-state index contributed by atoms with van der Waals surface area (Å²) in [5.41, 5.74) is 1.38. The van der Waals surface area contributed by atoms with Crippen molar-refractivity contribution in [1.82, 2.24) is 15.5 Å². The van der Waals surface area contributed by atoms with Crippen LogP contribution in [0.4, 0.5) is 0 Å². The van der Waals surface area contributed by atoms with E-state index in [2.05, 4.69) is 59.7 Å². The summed E-state index contributed by atoms with van der Waals surface area (Å²) in [7, 11) is 0. The molecule has 0 spiro atoms. The van der Waals surface area contributed by atoms with Gasteiger partial charge in [0.15, 0.2) is 5.96 Å². The lowest BCUT2D eigenvalue weighted by atomic mass is 10.2. The van der Waals surface area contributed by atoms with Crippen molar-refractivity contribution >= 4 is 5.96 Å². The molecule has 2 fully saturated rings. The molecule has 1 aromatic rings. The molecule has 0 bridgehead atoms. The van der Waals surface area contributed by atoms with Crippen LogP contribution in [-0.4, -0.2) is 68.5 Å². The Morgan fingerprint density at radius 2 is 2.17 bits per heavy atom. The first-order chi connectivity index (χ1) is 14.2. The fourth-order valence-corrected chi connectivity index (χ4v) is 4.10. The van der Waals surface area contributed by atoms with Crippen LogP contribution in [0.3, 0.4) is 0 Å². The molecule has 0 amide bonds. The second-order valence-electron chi connectivity index (χ2n) is 8.17. The highest BCUT2D eigenvalue weighted by molar-refractivity contribution is 5.80. The Morgan fingerprint density at radius 1 is 1.31 bits per heavy atom. The van der Waals surface area contributed by atoms with Gasteiger partial charge in [-0.3, -0.25) is 9.89 Å². The number of nitrogens with one attached hydrogen (secondary N) is 2. The number of ether oxygens (including phenoxy) is 2. The average molecular weight is 403 g/mol. The highest BCUT2D eigenvalue weighted by Crippen LogP contribution is 2.20. The zero-order chi connectivity index (χ0) is 20.3. The molecule has 1 aromatic carbocycles. The summed E-state index contributed by atoms with van der Waals surface area (Å²) in [6.45, 7) is 10.5. The van der Waals surface area contributed by atoms with Gasteiger partial charge in [-0.1, -0.05) is 30.3 Å². The van der Waals surface area contributed by atoms with Gasteiger partial charge in [0, 0.05) is 51.5 Å². The molecule has 0 saturated carbocycles. The summed E-state index contributed by atoms with van der Waals surface area (Å²) in [6, 6.07) is 11.7. The largest absolute Gasteiger partial charge is 0.379 e. The fourth-order valence-electron chi connectivity index (χ4n) is 4.10. The Balaban J connectivity index is 1.37. The predicted octanol–water partition coefficient (Wildman–Crippen LogP) is 2.79. The van der Waals surface area contributed by atoms with Crippen molar-refractivity contribution in [2.45, 2.75) is 64.3 Å². The molecule has 2 N–H and O–H groups in total. The van der Waals surface area contributed by atoms with E-state index in [9.17, 15) is 0 Å². The van der Waals surface area contributed by atoms with Crippen molar-refractivity contribution in [3.63, 3.8) is 0 Å². The summed E-state index contributed by atoms with van der Waals surface area (Å²) >= 11 is 0. The normalized spacial score (nSPS) is 25.4. The molecule has 0 aliphatic carbocycles. The highest BCUT2D eigenvalue weighted by Gasteiger charge is 2.29. The summed E-state index contributed by atoms with van der Waals surface area (Å²) in [4.78, 5) is 7.30. The van der Waals surface area contributed by atoms with Crippen LogP contribution < -0.4 is 10.6 Å². The van der Waals surface area contributed by atoms with Crippen molar-refractivity contribution in [2.24, 2.45) is 4.99 Å². The summed E-state index contributed by atoms with van der Waals surface area (Å²) in [6.07, 6.45) is 4.68. The van der Waals surface area contributed by atoms with Gasteiger partial charge >= 0.3 is 0 Å². The monoisotopic (exact) mass is 402 g/mol. The van der Waals surface area contributed by atoms with Crippen molar-refractivity contribution in [1.29, 1.82) is 0 Å². The van der Waals surface area contributed by atoms with Crippen LogP contribution in [0.1, 0.15) is 45.1 Å². The molecule has 2 heterocycles. The zero-order valence-electron chi connectivity index (χ0n) is 18.1. The van der Waals surface area contributed by atoms with Gasteiger partial charge in [-0.15, -0.1) is 0 Å². The number of benzene rings is 1. The lowest BCUT2D eigenvalue weighted by molar-refractivity contribution is 0.0171. The van der Waals surface area contributed by atoms with Crippen LogP contribution in [0, 0.1) is 0 Å². The zero-order valence-corrected chi connectivity index (χ0v) is 18.1. The summed E-state index contributed by atoms with van der Waals surface area (Å²) in [5, 5.41) is 7.02. The maximum absolute atomic E-state index is 5.74. The molecule has 162 valence electrons.